The first-order valence-electron chi connectivity index (χ1n) is 4.38. The maximum Gasteiger partial charge on any atom is 0.340 e. The summed E-state index contributed by atoms with van der Waals surface area (Å²) in [4.78, 5) is 11.3. The Bertz CT molecular complexity index is 188. The molecule has 0 amide bonds. The molecule has 2 unspecified atom stereocenters. The standard InChI is InChI=1S/C9H16O3/c1-5-9(4)8(10)11-7(12-9)6(2)3/h6-7H,5H2,1-4H3. The predicted octanol–water partition coefficient (Wildman–Crippen LogP) is 1.71. The summed E-state index contributed by atoms with van der Waals surface area (Å²) in [6, 6.07) is 0. The summed E-state index contributed by atoms with van der Waals surface area (Å²) in [5, 5.41) is 0. The Morgan fingerprint density at radius 2 is 2.17 bits per heavy atom. The molecule has 0 spiro atoms. The number of carbonyl (C=O) groups excluding carboxylic acids is 1. The zero-order chi connectivity index (χ0) is 9.35. The van der Waals surface area contributed by atoms with E-state index in [4.69, 9.17) is 9.47 Å². The maximum absolute atomic E-state index is 11.3. The monoisotopic (exact) mass is 172 g/mol. The molecule has 0 aromatic rings. The van der Waals surface area contributed by atoms with E-state index in [9.17, 15) is 4.79 Å². The quantitative estimate of drug-likeness (QED) is 0.595. The number of hydrogen-bond acceptors (Lipinski definition) is 3. The van der Waals surface area contributed by atoms with Gasteiger partial charge in [-0.1, -0.05) is 20.8 Å². The van der Waals surface area contributed by atoms with Crippen LogP contribution in [-0.2, 0) is 14.3 Å². The largest absolute Gasteiger partial charge is 0.433 e. The highest BCUT2D eigenvalue weighted by molar-refractivity contribution is 5.80. The van der Waals surface area contributed by atoms with Crippen LogP contribution in [-0.4, -0.2) is 17.9 Å². The molecule has 0 saturated carbocycles. The molecule has 3 heteroatoms. The number of cyclic esters (lactones) is 1. The van der Waals surface area contributed by atoms with Gasteiger partial charge in [-0.15, -0.1) is 0 Å². The van der Waals surface area contributed by atoms with Crippen molar-refractivity contribution < 1.29 is 14.3 Å². The molecule has 70 valence electrons. The highest BCUT2D eigenvalue weighted by Gasteiger charge is 2.45. The fraction of sp³-hybridized carbons (Fsp3) is 0.889. The van der Waals surface area contributed by atoms with E-state index in [2.05, 4.69) is 0 Å². The van der Waals surface area contributed by atoms with Crippen molar-refractivity contribution in [2.45, 2.75) is 46.0 Å². The summed E-state index contributed by atoms with van der Waals surface area (Å²) in [6.45, 7) is 7.64. The Morgan fingerprint density at radius 1 is 1.58 bits per heavy atom. The summed E-state index contributed by atoms with van der Waals surface area (Å²) in [5.41, 5.74) is -0.713. The first-order valence-corrected chi connectivity index (χ1v) is 4.38. The third-order valence-corrected chi connectivity index (χ3v) is 2.25. The van der Waals surface area contributed by atoms with Crippen molar-refractivity contribution in [2.24, 2.45) is 5.92 Å². The molecule has 1 rings (SSSR count). The number of ether oxygens (including phenoxy) is 2. The molecule has 12 heavy (non-hydrogen) atoms. The van der Waals surface area contributed by atoms with E-state index in [1.807, 2.05) is 20.8 Å². The Labute approximate surface area is 73.0 Å². The Morgan fingerprint density at radius 3 is 2.42 bits per heavy atom. The topological polar surface area (TPSA) is 35.5 Å². The van der Waals surface area contributed by atoms with Gasteiger partial charge in [-0.05, 0) is 13.3 Å². The van der Waals surface area contributed by atoms with Crippen molar-refractivity contribution in [3.8, 4) is 0 Å². The van der Waals surface area contributed by atoms with Gasteiger partial charge >= 0.3 is 5.97 Å². The molecular weight excluding hydrogens is 156 g/mol. The van der Waals surface area contributed by atoms with Gasteiger partial charge in [-0.3, -0.25) is 0 Å². The molecular formula is C9H16O3. The van der Waals surface area contributed by atoms with Gasteiger partial charge in [0.15, 0.2) is 5.60 Å². The lowest BCUT2D eigenvalue weighted by molar-refractivity contribution is -0.147. The van der Waals surface area contributed by atoms with Crippen LogP contribution in [0.15, 0.2) is 0 Å². The van der Waals surface area contributed by atoms with Crippen molar-refractivity contribution in [2.75, 3.05) is 0 Å². The van der Waals surface area contributed by atoms with Crippen LogP contribution in [0.25, 0.3) is 0 Å². The van der Waals surface area contributed by atoms with Crippen LogP contribution >= 0.6 is 0 Å². The van der Waals surface area contributed by atoms with E-state index in [0.29, 0.717) is 6.42 Å². The van der Waals surface area contributed by atoms with Gasteiger partial charge in [-0.25, -0.2) is 4.79 Å². The van der Waals surface area contributed by atoms with Crippen molar-refractivity contribution in [3.63, 3.8) is 0 Å². The predicted molar refractivity (Wildman–Crippen MR) is 44.5 cm³/mol. The van der Waals surface area contributed by atoms with Crippen LogP contribution in [0.2, 0.25) is 0 Å². The minimum atomic E-state index is -0.713. The van der Waals surface area contributed by atoms with E-state index >= 15 is 0 Å². The van der Waals surface area contributed by atoms with Gasteiger partial charge in [-0.2, -0.15) is 0 Å². The number of hydrogen-bond donors (Lipinski definition) is 0. The number of carbonyl (C=O) groups is 1. The average Bonchev–Trinajstić information content (AvgIpc) is 2.30. The molecule has 0 aromatic heterocycles. The second-order valence-electron chi connectivity index (χ2n) is 3.72. The first kappa shape index (κ1) is 9.52. The van der Waals surface area contributed by atoms with E-state index in [-0.39, 0.29) is 18.2 Å². The molecule has 1 fully saturated rings. The van der Waals surface area contributed by atoms with Gasteiger partial charge in [0.2, 0.25) is 6.29 Å². The minimum Gasteiger partial charge on any atom is -0.433 e. The van der Waals surface area contributed by atoms with Gasteiger partial charge in [0.1, 0.15) is 0 Å². The van der Waals surface area contributed by atoms with E-state index in [1.54, 1.807) is 6.92 Å². The molecule has 0 N–H and O–H groups in total. The summed E-state index contributed by atoms with van der Waals surface area (Å²) in [6.07, 6.45) is 0.303. The SMILES string of the molecule is CCC1(C)OC(C(C)C)OC1=O. The lowest BCUT2D eigenvalue weighted by Crippen LogP contribution is -2.31. The van der Waals surface area contributed by atoms with Crippen LogP contribution in [0.3, 0.4) is 0 Å². The molecule has 0 aliphatic carbocycles. The fourth-order valence-corrected chi connectivity index (χ4v) is 1.06. The first-order chi connectivity index (χ1) is 5.49. The Hall–Kier alpha value is -0.570. The lowest BCUT2D eigenvalue weighted by atomic mass is 10.1. The normalized spacial score (nSPS) is 35.8. The lowest BCUT2D eigenvalue weighted by Gasteiger charge is -2.17. The molecule has 2 atom stereocenters. The van der Waals surface area contributed by atoms with E-state index in [1.165, 1.54) is 0 Å². The summed E-state index contributed by atoms with van der Waals surface area (Å²) < 4.78 is 10.6. The van der Waals surface area contributed by atoms with Gasteiger partial charge in [0, 0.05) is 5.92 Å². The summed E-state index contributed by atoms with van der Waals surface area (Å²) >= 11 is 0. The zero-order valence-corrected chi connectivity index (χ0v) is 8.09. The van der Waals surface area contributed by atoms with Crippen molar-refractivity contribution >= 4 is 5.97 Å². The fourth-order valence-electron chi connectivity index (χ4n) is 1.06. The average molecular weight is 172 g/mol. The molecule has 1 aliphatic heterocycles. The van der Waals surface area contributed by atoms with Gasteiger partial charge < -0.3 is 9.47 Å². The smallest absolute Gasteiger partial charge is 0.340 e. The highest BCUT2D eigenvalue weighted by Crippen LogP contribution is 2.30. The second kappa shape index (κ2) is 3.05. The van der Waals surface area contributed by atoms with Crippen LogP contribution < -0.4 is 0 Å². The Balaban J connectivity index is 2.68. The third kappa shape index (κ3) is 1.46. The second-order valence-corrected chi connectivity index (χ2v) is 3.72. The zero-order valence-electron chi connectivity index (χ0n) is 8.09. The molecule has 0 aromatic carbocycles. The van der Waals surface area contributed by atoms with E-state index in [0.717, 1.165) is 0 Å². The molecule has 1 aliphatic rings. The molecule has 3 nitrogen and oxygen atoms in total. The molecule has 1 saturated heterocycles. The summed E-state index contributed by atoms with van der Waals surface area (Å²) in [7, 11) is 0. The van der Waals surface area contributed by atoms with Gasteiger partial charge in [0.25, 0.3) is 0 Å². The van der Waals surface area contributed by atoms with Crippen molar-refractivity contribution in [1.82, 2.24) is 0 Å². The third-order valence-electron chi connectivity index (χ3n) is 2.25. The summed E-state index contributed by atoms with van der Waals surface area (Å²) in [5.74, 6) is -0.00831. The van der Waals surface area contributed by atoms with Crippen LogP contribution in [0.5, 0.6) is 0 Å². The number of rotatable bonds is 2. The van der Waals surface area contributed by atoms with E-state index < -0.39 is 5.60 Å². The molecule has 1 heterocycles. The molecule has 0 radical (unpaired) electrons. The highest BCUT2D eigenvalue weighted by atomic mass is 16.8. The number of esters is 1. The minimum absolute atomic E-state index is 0.224. The molecule has 0 bridgehead atoms. The van der Waals surface area contributed by atoms with Crippen LogP contribution in [0.1, 0.15) is 34.1 Å². The van der Waals surface area contributed by atoms with Crippen LogP contribution in [0.4, 0.5) is 0 Å². The van der Waals surface area contributed by atoms with Crippen molar-refractivity contribution in [3.05, 3.63) is 0 Å². The van der Waals surface area contributed by atoms with Crippen LogP contribution in [0, 0.1) is 5.92 Å². The van der Waals surface area contributed by atoms with Crippen molar-refractivity contribution in [1.29, 1.82) is 0 Å². The Kier molecular flexibility index (Phi) is 2.42. The van der Waals surface area contributed by atoms with Gasteiger partial charge in [0.05, 0.1) is 0 Å². The maximum atomic E-state index is 11.3.